The number of guanidine groups is 1. The van der Waals surface area contributed by atoms with Crippen LogP contribution < -0.4 is 16.8 Å². The molecule has 1 amide bonds. The normalized spacial score (nSPS) is 11.0. The molecule has 26 heavy (non-hydrogen) atoms. The zero-order valence-electron chi connectivity index (χ0n) is 17.0. The third-order valence-corrected chi connectivity index (χ3v) is 4.39. The van der Waals surface area contributed by atoms with Crippen molar-refractivity contribution in [1.29, 1.82) is 0 Å². The summed E-state index contributed by atoms with van der Waals surface area (Å²) in [6.45, 7) is 3.21. The molecule has 0 rings (SSSR count). The summed E-state index contributed by atoms with van der Waals surface area (Å²) < 4.78 is 0. The summed E-state index contributed by atoms with van der Waals surface area (Å²) in [6.07, 6.45) is 21.8. The molecule has 0 radical (unpaired) electrons. The first-order chi connectivity index (χ1) is 12.7. The lowest BCUT2D eigenvalue weighted by Crippen LogP contribution is -2.28. The van der Waals surface area contributed by atoms with Crippen molar-refractivity contribution >= 4 is 11.9 Å². The van der Waals surface area contributed by atoms with Gasteiger partial charge < -0.3 is 16.8 Å². The van der Waals surface area contributed by atoms with E-state index in [1.807, 2.05) is 0 Å². The summed E-state index contributed by atoms with van der Waals surface area (Å²) in [6, 6.07) is 0. The predicted molar refractivity (Wildman–Crippen MR) is 113 cm³/mol. The molecule has 0 aliphatic heterocycles. The Balaban J connectivity index is 3.24. The van der Waals surface area contributed by atoms with E-state index in [1.54, 1.807) is 0 Å². The minimum Gasteiger partial charge on any atom is -0.370 e. The quantitative estimate of drug-likeness (QED) is 0.145. The predicted octanol–water partition coefficient (Wildman–Crippen LogP) is 4.41. The van der Waals surface area contributed by atoms with Crippen molar-refractivity contribution in [3.05, 3.63) is 12.2 Å². The van der Waals surface area contributed by atoms with E-state index in [9.17, 15) is 4.79 Å². The first-order valence-corrected chi connectivity index (χ1v) is 10.6. The van der Waals surface area contributed by atoms with Crippen molar-refractivity contribution in [3.63, 3.8) is 0 Å². The first-order valence-electron chi connectivity index (χ1n) is 10.6. The van der Waals surface area contributed by atoms with Crippen molar-refractivity contribution < 1.29 is 4.79 Å². The number of nitrogens with two attached hydrogens (primary N) is 2. The second kappa shape index (κ2) is 19.8. The Kier molecular flexibility index (Phi) is 18.6. The summed E-state index contributed by atoms with van der Waals surface area (Å²) in [5, 5.41) is 2.82. The largest absolute Gasteiger partial charge is 0.370 e. The zero-order chi connectivity index (χ0) is 19.3. The lowest BCUT2D eigenvalue weighted by molar-refractivity contribution is -0.121. The molecular formula is C21H42N4O. The number of rotatable bonds is 18. The molecule has 0 aromatic rings. The van der Waals surface area contributed by atoms with Crippen LogP contribution in [0.25, 0.3) is 0 Å². The van der Waals surface area contributed by atoms with Gasteiger partial charge in [0.05, 0.1) is 6.54 Å². The molecule has 0 saturated heterocycles. The lowest BCUT2D eigenvalue weighted by Gasteiger charge is -2.03. The van der Waals surface area contributed by atoms with Crippen LogP contribution in [0.15, 0.2) is 17.1 Å². The van der Waals surface area contributed by atoms with Gasteiger partial charge in [0.25, 0.3) is 0 Å². The van der Waals surface area contributed by atoms with Crippen LogP contribution in [0, 0.1) is 0 Å². The van der Waals surface area contributed by atoms with E-state index in [1.165, 1.54) is 70.6 Å². The first kappa shape index (κ1) is 24.5. The summed E-state index contributed by atoms with van der Waals surface area (Å²) in [4.78, 5) is 15.4. The average Bonchev–Trinajstić information content (AvgIpc) is 2.62. The molecule has 0 spiro atoms. The van der Waals surface area contributed by atoms with Gasteiger partial charge in [-0.2, -0.15) is 0 Å². The molecule has 0 heterocycles. The summed E-state index contributed by atoms with van der Waals surface area (Å²) >= 11 is 0. The Bertz CT molecular complexity index is 376. The molecule has 0 aromatic heterocycles. The number of unbranched alkanes of at least 4 members (excludes halogenated alkanes) is 11. The molecule has 5 nitrogen and oxygen atoms in total. The number of nitrogens with one attached hydrogen (secondary N) is 1. The van der Waals surface area contributed by atoms with Crippen LogP contribution in [0.2, 0.25) is 0 Å². The number of nitrogens with zero attached hydrogens (tertiary/aromatic N) is 1. The molecular weight excluding hydrogens is 324 g/mol. The fourth-order valence-electron chi connectivity index (χ4n) is 2.83. The molecule has 5 N–H and O–H groups in total. The minimum absolute atomic E-state index is 0.0662. The molecule has 0 aliphatic rings. The third-order valence-electron chi connectivity index (χ3n) is 4.39. The number of hydrogen-bond acceptors (Lipinski definition) is 2. The molecule has 152 valence electrons. The SMILES string of the molecule is CCCCCCCC/C=C\CCCCCCCC(=O)NCCN=C(N)N. The Hall–Kier alpha value is -1.52. The van der Waals surface area contributed by atoms with Crippen LogP contribution >= 0.6 is 0 Å². The number of carbonyl (C=O) groups excluding carboxylic acids is 1. The fourth-order valence-corrected chi connectivity index (χ4v) is 2.83. The number of aliphatic imine (C=N–C) groups is 1. The Morgan fingerprint density at radius 2 is 1.38 bits per heavy atom. The standard InChI is InChI=1S/C21H42N4O/c1-2-3-4-5-6-7-8-9-10-11-12-13-14-15-16-17-20(26)24-18-19-25-21(22)23/h9-10H,2-8,11-19H2,1H3,(H,24,26)(H4,22,23,25)/b10-9-. The Morgan fingerprint density at radius 3 is 1.96 bits per heavy atom. The van der Waals surface area contributed by atoms with E-state index < -0.39 is 0 Å². The second-order valence-corrected chi connectivity index (χ2v) is 6.99. The van der Waals surface area contributed by atoms with Crippen molar-refractivity contribution in [2.45, 2.75) is 96.8 Å². The Labute approximate surface area is 161 Å². The molecule has 0 aromatic carbocycles. The van der Waals surface area contributed by atoms with Gasteiger partial charge in [-0.1, -0.05) is 70.4 Å². The maximum atomic E-state index is 11.6. The van der Waals surface area contributed by atoms with Crippen LogP contribution in [0.5, 0.6) is 0 Å². The minimum atomic E-state index is 0.0662. The average molecular weight is 367 g/mol. The van der Waals surface area contributed by atoms with E-state index in [-0.39, 0.29) is 11.9 Å². The fraction of sp³-hybridized carbons (Fsp3) is 0.810. The molecule has 0 bridgehead atoms. The van der Waals surface area contributed by atoms with Crippen molar-refractivity contribution in [2.75, 3.05) is 13.1 Å². The van der Waals surface area contributed by atoms with Crippen LogP contribution in [0.3, 0.4) is 0 Å². The van der Waals surface area contributed by atoms with E-state index in [0.717, 1.165) is 12.8 Å². The topological polar surface area (TPSA) is 93.5 Å². The highest BCUT2D eigenvalue weighted by molar-refractivity contribution is 5.76. The second-order valence-electron chi connectivity index (χ2n) is 6.99. The number of amides is 1. The highest BCUT2D eigenvalue weighted by Crippen LogP contribution is 2.09. The van der Waals surface area contributed by atoms with Crippen LogP contribution in [0.4, 0.5) is 0 Å². The van der Waals surface area contributed by atoms with Crippen molar-refractivity contribution in [1.82, 2.24) is 5.32 Å². The third kappa shape index (κ3) is 20.5. The number of carbonyl (C=O) groups is 1. The zero-order valence-corrected chi connectivity index (χ0v) is 17.0. The van der Waals surface area contributed by atoms with Crippen molar-refractivity contribution in [3.8, 4) is 0 Å². The van der Waals surface area contributed by atoms with Gasteiger partial charge in [0, 0.05) is 13.0 Å². The van der Waals surface area contributed by atoms with Gasteiger partial charge in [-0.3, -0.25) is 9.79 Å². The van der Waals surface area contributed by atoms with Gasteiger partial charge in [0.15, 0.2) is 5.96 Å². The number of hydrogen-bond donors (Lipinski definition) is 3. The van der Waals surface area contributed by atoms with Crippen LogP contribution in [-0.2, 0) is 4.79 Å². The molecule has 0 fully saturated rings. The van der Waals surface area contributed by atoms with Gasteiger partial charge in [0.1, 0.15) is 0 Å². The van der Waals surface area contributed by atoms with E-state index in [0.29, 0.717) is 19.5 Å². The molecule has 0 unspecified atom stereocenters. The maximum Gasteiger partial charge on any atom is 0.220 e. The highest BCUT2D eigenvalue weighted by Gasteiger charge is 1.99. The van der Waals surface area contributed by atoms with Gasteiger partial charge in [-0.05, 0) is 32.1 Å². The van der Waals surface area contributed by atoms with Gasteiger partial charge >= 0.3 is 0 Å². The molecule has 0 atom stereocenters. The van der Waals surface area contributed by atoms with Crippen LogP contribution in [0.1, 0.15) is 96.8 Å². The molecule has 0 saturated carbocycles. The maximum absolute atomic E-state index is 11.6. The van der Waals surface area contributed by atoms with Crippen LogP contribution in [-0.4, -0.2) is 25.0 Å². The molecule has 5 heteroatoms. The van der Waals surface area contributed by atoms with Gasteiger partial charge in [0.2, 0.25) is 5.91 Å². The van der Waals surface area contributed by atoms with E-state index >= 15 is 0 Å². The van der Waals surface area contributed by atoms with Gasteiger partial charge in [-0.15, -0.1) is 0 Å². The number of allylic oxidation sites excluding steroid dienone is 2. The van der Waals surface area contributed by atoms with E-state index in [2.05, 4.69) is 29.4 Å². The summed E-state index contributed by atoms with van der Waals surface area (Å²) in [5.41, 5.74) is 10.4. The van der Waals surface area contributed by atoms with Crippen molar-refractivity contribution in [2.24, 2.45) is 16.5 Å². The Morgan fingerprint density at radius 1 is 0.846 bits per heavy atom. The van der Waals surface area contributed by atoms with Gasteiger partial charge in [-0.25, -0.2) is 0 Å². The summed E-state index contributed by atoms with van der Waals surface area (Å²) in [7, 11) is 0. The molecule has 0 aliphatic carbocycles. The smallest absolute Gasteiger partial charge is 0.220 e. The highest BCUT2D eigenvalue weighted by atomic mass is 16.1. The summed E-state index contributed by atoms with van der Waals surface area (Å²) in [5.74, 6) is 0.157. The van der Waals surface area contributed by atoms with E-state index in [4.69, 9.17) is 11.5 Å². The monoisotopic (exact) mass is 366 g/mol. The lowest BCUT2D eigenvalue weighted by atomic mass is 10.1.